The molecule has 0 aromatic heterocycles. The lowest BCUT2D eigenvalue weighted by Gasteiger charge is -2.29. The summed E-state index contributed by atoms with van der Waals surface area (Å²) in [5.74, 6) is -3.67. The second-order valence-corrected chi connectivity index (χ2v) is 7.48. The Labute approximate surface area is 170 Å². The number of carboxylic acids is 1. The Hall–Kier alpha value is -2.45. The van der Waals surface area contributed by atoms with Gasteiger partial charge in [-0.2, -0.15) is 0 Å². The highest BCUT2D eigenvalue weighted by atomic mass is 16.5. The van der Waals surface area contributed by atoms with Crippen molar-refractivity contribution in [3.05, 3.63) is 35.6 Å². The predicted octanol–water partition coefficient (Wildman–Crippen LogP) is 2.21. The summed E-state index contributed by atoms with van der Waals surface area (Å²) in [4.78, 5) is 35.2. The quantitative estimate of drug-likeness (QED) is 0.141. The number of aliphatic carboxylic acids is 1. The molecular formula is C21H30O8. The molecule has 1 saturated heterocycles. The Kier molecular flexibility index (Phi) is 8.79. The molecule has 1 fully saturated rings. The van der Waals surface area contributed by atoms with Crippen molar-refractivity contribution in [3.8, 4) is 0 Å². The van der Waals surface area contributed by atoms with Crippen LogP contribution in [0.5, 0.6) is 0 Å². The molecule has 29 heavy (non-hydrogen) atoms. The van der Waals surface area contributed by atoms with E-state index < -0.39 is 41.4 Å². The largest absolute Gasteiger partial charge is 0.511 e. The number of carboxylic acid groups (broad SMARTS) is 1. The molecule has 162 valence electrons. The Morgan fingerprint density at radius 3 is 2.48 bits per heavy atom. The van der Waals surface area contributed by atoms with Crippen molar-refractivity contribution in [3.63, 3.8) is 0 Å². The standard InChI is InChI=1S/C21H30O8/c1-5-13(3)18(24)21(28,20(26)27)10-6-7-12(2)8-9-15(22)17-16(23)11-14(4)29-19(17)25/h6,10,13-14,18,22,24,28H,2,5,7-9,11H2,1,3-4H3,(H,26,27)/b10-6+,17-15+/t13-,14+,18+,21-/m0/s1. The summed E-state index contributed by atoms with van der Waals surface area (Å²) in [5, 5.41) is 39.9. The number of hydrogen-bond acceptors (Lipinski definition) is 7. The Bertz CT molecular complexity index is 700. The molecule has 0 aliphatic carbocycles. The molecule has 1 aliphatic rings. The van der Waals surface area contributed by atoms with Crippen LogP contribution in [0.2, 0.25) is 0 Å². The summed E-state index contributed by atoms with van der Waals surface area (Å²) < 4.78 is 4.95. The van der Waals surface area contributed by atoms with E-state index in [1.165, 1.54) is 6.08 Å². The third kappa shape index (κ3) is 6.27. The lowest BCUT2D eigenvalue weighted by molar-refractivity contribution is -0.167. The molecule has 0 radical (unpaired) electrons. The van der Waals surface area contributed by atoms with E-state index in [-0.39, 0.29) is 37.0 Å². The van der Waals surface area contributed by atoms with Gasteiger partial charge in [0.05, 0.1) is 6.10 Å². The van der Waals surface area contributed by atoms with Crippen LogP contribution in [-0.2, 0) is 19.1 Å². The Balaban J connectivity index is 2.73. The minimum Gasteiger partial charge on any atom is -0.511 e. The third-order valence-electron chi connectivity index (χ3n) is 5.02. The maximum absolute atomic E-state index is 11.9. The van der Waals surface area contributed by atoms with Gasteiger partial charge >= 0.3 is 11.9 Å². The maximum atomic E-state index is 11.9. The van der Waals surface area contributed by atoms with E-state index in [0.717, 1.165) is 6.08 Å². The minimum atomic E-state index is -2.42. The molecule has 1 aliphatic heterocycles. The second-order valence-electron chi connectivity index (χ2n) is 7.48. The van der Waals surface area contributed by atoms with Gasteiger partial charge in [0, 0.05) is 12.8 Å². The van der Waals surface area contributed by atoms with E-state index in [0.29, 0.717) is 12.0 Å². The van der Waals surface area contributed by atoms with Crippen molar-refractivity contribution in [2.75, 3.05) is 0 Å². The third-order valence-corrected chi connectivity index (χ3v) is 5.02. The zero-order valence-corrected chi connectivity index (χ0v) is 17.1. The molecule has 0 amide bonds. The van der Waals surface area contributed by atoms with Gasteiger partial charge in [-0.1, -0.05) is 38.5 Å². The smallest absolute Gasteiger partial charge is 0.345 e. The number of carbonyl (C=O) groups is 3. The van der Waals surface area contributed by atoms with Crippen molar-refractivity contribution in [2.45, 2.75) is 70.7 Å². The van der Waals surface area contributed by atoms with Crippen LogP contribution in [0.3, 0.4) is 0 Å². The van der Waals surface area contributed by atoms with Crippen LogP contribution in [0.1, 0.15) is 52.9 Å². The first-order chi connectivity index (χ1) is 13.4. The van der Waals surface area contributed by atoms with Crippen LogP contribution in [0.25, 0.3) is 0 Å². The van der Waals surface area contributed by atoms with Gasteiger partial charge in [-0.05, 0) is 31.8 Å². The van der Waals surface area contributed by atoms with Gasteiger partial charge in [0.25, 0.3) is 0 Å². The summed E-state index contributed by atoms with van der Waals surface area (Å²) in [6.07, 6.45) is 1.32. The molecule has 0 spiro atoms. The molecular weight excluding hydrogens is 380 g/mol. The van der Waals surface area contributed by atoms with Crippen molar-refractivity contribution >= 4 is 17.7 Å². The van der Waals surface area contributed by atoms with Crippen LogP contribution < -0.4 is 0 Å². The highest BCUT2D eigenvalue weighted by Gasteiger charge is 2.43. The molecule has 0 unspecified atom stereocenters. The average molecular weight is 410 g/mol. The molecule has 0 bridgehead atoms. The first-order valence-electron chi connectivity index (χ1n) is 9.58. The number of hydrogen-bond donors (Lipinski definition) is 4. The fourth-order valence-corrected chi connectivity index (χ4v) is 2.92. The van der Waals surface area contributed by atoms with Gasteiger partial charge in [-0.25, -0.2) is 9.59 Å². The van der Waals surface area contributed by atoms with E-state index in [1.54, 1.807) is 20.8 Å². The van der Waals surface area contributed by atoms with E-state index in [2.05, 4.69) is 6.58 Å². The number of esters is 1. The second kappa shape index (κ2) is 10.4. The zero-order chi connectivity index (χ0) is 22.4. The monoisotopic (exact) mass is 410 g/mol. The van der Waals surface area contributed by atoms with Crippen LogP contribution in [0, 0.1) is 5.92 Å². The van der Waals surface area contributed by atoms with Crippen LogP contribution >= 0.6 is 0 Å². The van der Waals surface area contributed by atoms with Gasteiger partial charge in [0.15, 0.2) is 5.78 Å². The minimum absolute atomic E-state index is 0.00405. The number of allylic oxidation sites excluding steroid dienone is 3. The van der Waals surface area contributed by atoms with Gasteiger partial charge in [0.1, 0.15) is 17.4 Å². The molecule has 1 rings (SSSR count). The number of cyclic esters (lactones) is 1. The first-order valence-corrected chi connectivity index (χ1v) is 9.58. The number of aliphatic hydroxyl groups excluding tert-OH is 2. The number of aliphatic hydroxyl groups is 3. The summed E-state index contributed by atoms with van der Waals surface area (Å²) in [6, 6.07) is 0. The van der Waals surface area contributed by atoms with Crippen molar-refractivity contribution in [1.29, 1.82) is 0 Å². The van der Waals surface area contributed by atoms with Gasteiger partial charge < -0.3 is 25.2 Å². The number of rotatable bonds is 10. The Morgan fingerprint density at radius 1 is 1.34 bits per heavy atom. The average Bonchev–Trinajstić information content (AvgIpc) is 2.63. The molecule has 4 atom stereocenters. The van der Waals surface area contributed by atoms with E-state index >= 15 is 0 Å². The SMILES string of the molecule is C=C(C/C=C/[C@@](O)(C(=O)O)[C@H](O)[C@@H](C)CC)CC/C(O)=C1/C(=O)C[C@@H](C)OC1=O. The molecule has 8 heteroatoms. The number of carbonyl (C=O) groups excluding carboxylic acids is 2. The summed E-state index contributed by atoms with van der Waals surface area (Å²) in [7, 11) is 0. The predicted molar refractivity (Wildman–Crippen MR) is 105 cm³/mol. The normalized spacial score (nSPS) is 23.3. The van der Waals surface area contributed by atoms with E-state index in [1.807, 2.05) is 0 Å². The molecule has 8 nitrogen and oxygen atoms in total. The molecule has 0 aromatic rings. The van der Waals surface area contributed by atoms with Crippen LogP contribution in [-0.4, -0.2) is 56.0 Å². The highest BCUT2D eigenvalue weighted by Crippen LogP contribution is 2.25. The fraction of sp³-hybridized carbons (Fsp3) is 0.571. The zero-order valence-electron chi connectivity index (χ0n) is 17.1. The lowest BCUT2D eigenvalue weighted by Crippen LogP contribution is -2.50. The summed E-state index contributed by atoms with van der Waals surface area (Å²) in [6.45, 7) is 8.81. The van der Waals surface area contributed by atoms with Crippen LogP contribution in [0.15, 0.2) is 35.6 Å². The van der Waals surface area contributed by atoms with Crippen molar-refractivity contribution in [2.24, 2.45) is 5.92 Å². The van der Waals surface area contributed by atoms with E-state index in [4.69, 9.17) is 4.74 Å². The van der Waals surface area contributed by atoms with Crippen molar-refractivity contribution < 1.29 is 39.5 Å². The highest BCUT2D eigenvalue weighted by molar-refractivity contribution is 6.19. The molecule has 0 aromatic carbocycles. The fourth-order valence-electron chi connectivity index (χ4n) is 2.92. The molecule has 4 N–H and O–H groups in total. The van der Waals surface area contributed by atoms with Crippen LogP contribution in [0.4, 0.5) is 0 Å². The Morgan fingerprint density at radius 2 is 1.97 bits per heavy atom. The van der Waals surface area contributed by atoms with E-state index in [9.17, 15) is 34.8 Å². The molecule has 1 heterocycles. The summed E-state index contributed by atoms with van der Waals surface area (Å²) in [5.41, 5.74) is -2.19. The number of ketones is 1. The topological polar surface area (TPSA) is 141 Å². The van der Waals surface area contributed by atoms with Crippen molar-refractivity contribution in [1.82, 2.24) is 0 Å². The lowest BCUT2D eigenvalue weighted by atomic mass is 9.85. The van der Waals surface area contributed by atoms with Gasteiger partial charge in [-0.15, -0.1) is 0 Å². The summed E-state index contributed by atoms with van der Waals surface area (Å²) >= 11 is 0. The van der Waals surface area contributed by atoms with Gasteiger partial charge in [0.2, 0.25) is 5.60 Å². The first kappa shape index (κ1) is 24.6. The number of Topliss-reactive ketones (excluding diaryl/α,β-unsaturated/α-hetero) is 1. The molecule has 0 saturated carbocycles. The number of ether oxygens (including phenoxy) is 1. The maximum Gasteiger partial charge on any atom is 0.345 e. The van der Waals surface area contributed by atoms with Gasteiger partial charge in [-0.3, -0.25) is 4.79 Å².